The van der Waals surface area contributed by atoms with Crippen molar-refractivity contribution >= 4 is 11.9 Å². The Labute approximate surface area is 344 Å². The fourth-order valence-corrected chi connectivity index (χ4v) is 7.85. The minimum atomic E-state index is -0.760. The molecule has 5 heteroatoms. The van der Waals surface area contributed by atoms with E-state index in [0.717, 1.165) is 38.5 Å². The molecule has 1 atom stereocenters. The van der Waals surface area contributed by atoms with Gasteiger partial charge in [-0.25, -0.2) is 0 Å². The van der Waals surface area contributed by atoms with Crippen molar-refractivity contribution in [3.05, 3.63) is 0 Å². The Morgan fingerprint density at radius 1 is 0.345 bits per heavy atom. The van der Waals surface area contributed by atoms with E-state index in [9.17, 15) is 14.7 Å². The summed E-state index contributed by atoms with van der Waals surface area (Å²) in [7, 11) is 0. The number of rotatable bonds is 47. The van der Waals surface area contributed by atoms with Crippen LogP contribution in [0.3, 0.4) is 0 Å². The van der Waals surface area contributed by atoms with Crippen molar-refractivity contribution in [3.63, 3.8) is 0 Å². The molecule has 55 heavy (non-hydrogen) atoms. The van der Waals surface area contributed by atoms with E-state index in [1.165, 1.54) is 225 Å². The summed E-state index contributed by atoms with van der Waals surface area (Å²) >= 11 is 0. The van der Waals surface area contributed by atoms with E-state index in [2.05, 4.69) is 13.8 Å². The molecular formula is C50H98O5. The van der Waals surface area contributed by atoms with Crippen LogP contribution in [0.15, 0.2) is 0 Å². The SMILES string of the molecule is CCCCCCCCCCCCCCCCCCCCCCCCCCCCCCCCCCCCCCC(=O)OC(CO)COC(=O)CCCCCCC. The second kappa shape index (κ2) is 47.3. The van der Waals surface area contributed by atoms with Crippen molar-refractivity contribution in [2.45, 2.75) is 296 Å². The largest absolute Gasteiger partial charge is 0.462 e. The van der Waals surface area contributed by atoms with Gasteiger partial charge in [-0.3, -0.25) is 9.59 Å². The monoisotopic (exact) mass is 779 g/mol. The van der Waals surface area contributed by atoms with Gasteiger partial charge in [-0.1, -0.05) is 264 Å². The summed E-state index contributed by atoms with van der Waals surface area (Å²) in [6.45, 7) is 4.08. The third-order valence-corrected chi connectivity index (χ3v) is 11.7. The summed E-state index contributed by atoms with van der Waals surface area (Å²) in [5.41, 5.74) is 0. The molecule has 5 nitrogen and oxygen atoms in total. The lowest BCUT2D eigenvalue weighted by Gasteiger charge is -2.15. The number of hydrogen-bond donors (Lipinski definition) is 1. The lowest BCUT2D eigenvalue weighted by Crippen LogP contribution is -2.28. The molecule has 0 rings (SSSR count). The first-order valence-corrected chi connectivity index (χ1v) is 25.1. The number of carbonyl (C=O) groups is 2. The summed E-state index contributed by atoms with van der Waals surface area (Å²) in [5.74, 6) is -0.589. The smallest absolute Gasteiger partial charge is 0.306 e. The Morgan fingerprint density at radius 3 is 0.800 bits per heavy atom. The van der Waals surface area contributed by atoms with E-state index in [0.29, 0.717) is 12.8 Å². The molecule has 0 aliphatic rings. The highest BCUT2D eigenvalue weighted by Gasteiger charge is 2.16. The quantitative estimate of drug-likeness (QED) is 0.0492. The Morgan fingerprint density at radius 2 is 0.564 bits per heavy atom. The fraction of sp³-hybridized carbons (Fsp3) is 0.960. The van der Waals surface area contributed by atoms with Gasteiger partial charge in [0.2, 0.25) is 0 Å². The molecular weight excluding hydrogens is 681 g/mol. The highest BCUT2D eigenvalue weighted by atomic mass is 16.6. The van der Waals surface area contributed by atoms with Crippen LogP contribution < -0.4 is 0 Å². The van der Waals surface area contributed by atoms with E-state index in [-0.39, 0.29) is 25.2 Å². The predicted molar refractivity (Wildman–Crippen MR) is 238 cm³/mol. The molecule has 0 bridgehead atoms. The zero-order valence-electron chi connectivity index (χ0n) is 37.5. The second-order valence-electron chi connectivity index (χ2n) is 17.3. The maximum atomic E-state index is 12.1. The highest BCUT2D eigenvalue weighted by Crippen LogP contribution is 2.18. The van der Waals surface area contributed by atoms with E-state index < -0.39 is 6.10 Å². The molecule has 328 valence electrons. The Balaban J connectivity index is 3.26. The van der Waals surface area contributed by atoms with Gasteiger partial charge in [0.15, 0.2) is 6.10 Å². The highest BCUT2D eigenvalue weighted by molar-refractivity contribution is 5.70. The number of ether oxygens (including phenoxy) is 2. The molecule has 0 radical (unpaired) electrons. The summed E-state index contributed by atoms with van der Waals surface area (Å²) in [6.07, 6.45) is 55.7. The average Bonchev–Trinajstić information content (AvgIpc) is 3.19. The maximum absolute atomic E-state index is 12.1. The van der Waals surface area contributed by atoms with Crippen LogP contribution in [0.4, 0.5) is 0 Å². The minimum Gasteiger partial charge on any atom is -0.462 e. The molecule has 0 saturated heterocycles. The number of carbonyl (C=O) groups excluding carboxylic acids is 2. The third-order valence-electron chi connectivity index (χ3n) is 11.7. The van der Waals surface area contributed by atoms with Gasteiger partial charge in [-0.2, -0.15) is 0 Å². The topological polar surface area (TPSA) is 72.8 Å². The van der Waals surface area contributed by atoms with Crippen LogP contribution in [0, 0.1) is 0 Å². The molecule has 0 heterocycles. The summed E-state index contributed by atoms with van der Waals surface area (Å²) in [4.78, 5) is 24.0. The van der Waals surface area contributed by atoms with Crippen LogP contribution in [0.5, 0.6) is 0 Å². The molecule has 0 aromatic heterocycles. The number of unbranched alkanes of at least 4 members (excludes halogenated alkanes) is 39. The van der Waals surface area contributed by atoms with Crippen molar-refractivity contribution in [2.24, 2.45) is 0 Å². The molecule has 1 unspecified atom stereocenters. The van der Waals surface area contributed by atoms with E-state index >= 15 is 0 Å². The summed E-state index contributed by atoms with van der Waals surface area (Å²) in [5, 5.41) is 9.49. The van der Waals surface area contributed by atoms with Gasteiger partial charge in [-0.05, 0) is 12.8 Å². The van der Waals surface area contributed by atoms with Crippen LogP contribution in [0.2, 0.25) is 0 Å². The standard InChI is InChI=1S/C50H98O5/c1-3-5-7-9-10-11-12-13-14-15-16-17-18-19-20-21-22-23-24-25-26-27-28-29-30-31-32-33-34-35-36-37-38-39-41-43-45-50(53)55-48(46-51)47-54-49(52)44-42-40-8-6-4-2/h48,51H,3-47H2,1-2H3. The van der Waals surface area contributed by atoms with Gasteiger partial charge in [0.1, 0.15) is 6.61 Å². The maximum Gasteiger partial charge on any atom is 0.306 e. The molecule has 0 spiro atoms. The van der Waals surface area contributed by atoms with Crippen molar-refractivity contribution in [1.82, 2.24) is 0 Å². The second-order valence-corrected chi connectivity index (χ2v) is 17.3. The number of hydrogen-bond acceptors (Lipinski definition) is 5. The lowest BCUT2D eigenvalue weighted by atomic mass is 10.0. The minimum absolute atomic E-state index is 0.0598. The summed E-state index contributed by atoms with van der Waals surface area (Å²) < 4.78 is 10.5. The third kappa shape index (κ3) is 45.5. The van der Waals surface area contributed by atoms with E-state index in [4.69, 9.17) is 9.47 Å². The van der Waals surface area contributed by atoms with Crippen molar-refractivity contribution in [3.8, 4) is 0 Å². The van der Waals surface area contributed by atoms with Crippen molar-refractivity contribution in [2.75, 3.05) is 13.2 Å². The van der Waals surface area contributed by atoms with Crippen LogP contribution >= 0.6 is 0 Å². The van der Waals surface area contributed by atoms with Crippen LogP contribution in [0.1, 0.15) is 290 Å². The number of aliphatic hydroxyl groups is 1. The van der Waals surface area contributed by atoms with Gasteiger partial charge >= 0.3 is 11.9 Å². The molecule has 0 aromatic rings. The Kier molecular flexibility index (Phi) is 46.3. The zero-order valence-corrected chi connectivity index (χ0v) is 37.5. The average molecular weight is 779 g/mol. The van der Waals surface area contributed by atoms with Gasteiger partial charge in [0.25, 0.3) is 0 Å². The Hall–Kier alpha value is -1.10. The van der Waals surface area contributed by atoms with Gasteiger partial charge in [0, 0.05) is 12.8 Å². The molecule has 0 aliphatic heterocycles. The molecule has 1 N–H and O–H groups in total. The first-order valence-electron chi connectivity index (χ1n) is 25.1. The van der Waals surface area contributed by atoms with Crippen molar-refractivity contribution < 1.29 is 24.2 Å². The first kappa shape index (κ1) is 53.9. The normalized spacial score (nSPS) is 12.0. The van der Waals surface area contributed by atoms with Gasteiger partial charge in [-0.15, -0.1) is 0 Å². The first-order chi connectivity index (χ1) is 27.1. The van der Waals surface area contributed by atoms with Gasteiger partial charge in [0.05, 0.1) is 6.61 Å². The van der Waals surface area contributed by atoms with Crippen molar-refractivity contribution in [1.29, 1.82) is 0 Å². The van der Waals surface area contributed by atoms with E-state index in [1.807, 2.05) is 0 Å². The molecule has 0 aliphatic carbocycles. The zero-order chi connectivity index (χ0) is 40.0. The molecule has 0 aromatic carbocycles. The lowest BCUT2D eigenvalue weighted by molar-refractivity contribution is -0.161. The van der Waals surface area contributed by atoms with Crippen LogP contribution in [-0.2, 0) is 19.1 Å². The summed E-state index contributed by atoms with van der Waals surface area (Å²) in [6, 6.07) is 0. The fourth-order valence-electron chi connectivity index (χ4n) is 7.85. The van der Waals surface area contributed by atoms with Crippen LogP contribution in [0.25, 0.3) is 0 Å². The Bertz CT molecular complexity index is 754. The molecule has 0 amide bonds. The van der Waals surface area contributed by atoms with Crippen LogP contribution in [-0.4, -0.2) is 36.4 Å². The number of aliphatic hydroxyl groups excluding tert-OH is 1. The van der Waals surface area contributed by atoms with E-state index in [1.54, 1.807) is 0 Å². The molecule has 0 saturated carbocycles. The number of esters is 2. The molecule has 0 fully saturated rings. The van der Waals surface area contributed by atoms with Gasteiger partial charge < -0.3 is 14.6 Å². The predicted octanol–water partition coefficient (Wildman–Crippen LogP) is 16.2.